The van der Waals surface area contributed by atoms with Gasteiger partial charge in [-0.05, 0) is 30.5 Å². The molecular weight excluding hydrogens is 399 g/mol. The Balaban J connectivity index is 0.000000213. The number of ether oxygens (including phenoxy) is 1. The monoisotopic (exact) mass is 430 g/mol. The molecule has 2 aliphatic rings. The van der Waals surface area contributed by atoms with Gasteiger partial charge >= 0.3 is 0 Å². The molecule has 1 saturated carbocycles. The first-order valence-corrected chi connectivity index (χ1v) is 10.6. The Morgan fingerprint density at radius 1 is 1.10 bits per heavy atom. The van der Waals surface area contributed by atoms with Crippen molar-refractivity contribution in [3.63, 3.8) is 0 Å². The molecule has 1 atom stereocenters. The van der Waals surface area contributed by atoms with Crippen molar-refractivity contribution in [2.24, 2.45) is 5.73 Å². The molecule has 0 saturated heterocycles. The SMILES string of the molecule is CNC(=O)c1cc(C(N)=O)cc2c1OC(CF)C2.OC1CCCCC1.c1ccccc1. The van der Waals surface area contributed by atoms with Gasteiger partial charge in [-0.2, -0.15) is 0 Å². The lowest BCUT2D eigenvalue weighted by Crippen LogP contribution is -2.21. The van der Waals surface area contributed by atoms with Crippen molar-refractivity contribution in [3.8, 4) is 5.75 Å². The van der Waals surface area contributed by atoms with Crippen LogP contribution in [-0.4, -0.2) is 42.9 Å². The molecule has 1 heterocycles. The Morgan fingerprint density at radius 2 is 1.68 bits per heavy atom. The lowest BCUT2D eigenvalue weighted by Gasteiger charge is -2.14. The molecule has 2 aromatic carbocycles. The van der Waals surface area contributed by atoms with E-state index in [1.54, 1.807) is 6.07 Å². The number of fused-ring (bicyclic) bond motifs is 1. The molecule has 2 aromatic rings. The first-order valence-electron chi connectivity index (χ1n) is 10.6. The summed E-state index contributed by atoms with van der Waals surface area (Å²) in [7, 11) is 1.47. The Morgan fingerprint density at radius 3 is 2.10 bits per heavy atom. The van der Waals surface area contributed by atoms with Gasteiger partial charge in [0.25, 0.3) is 5.91 Å². The second kappa shape index (κ2) is 12.7. The van der Waals surface area contributed by atoms with Crippen LogP contribution < -0.4 is 15.8 Å². The number of nitrogens with two attached hydrogens (primary N) is 1. The molecule has 0 bridgehead atoms. The van der Waals surface area contributed by atoms with Crippen LogP contribution in [0, 0.1) is 0 Å². The first kappa shape index (κ1) is 24.3. The summed E-state index contributed by atoms with van der Waals surface area (Å²) in [6.07, 6.45) is 5.65. The highest BCUT2D eigenvalue weighted by molar-refractivity contribution is 6.01. The minimum atomic E-state index is -0.645. The van der Waals surface area contributed by atoms with Gasteiger partial charge in [0.2, 0.25) is 5.91 Å². The lowest BCUT2D eigenvalue weighted by molar-refractivity contribution is 0.0956. The molecule has 0 radical (unpaired) electrons. The molecule has 1 aliphatic carbocycles. The summed E-state index contributed by atoms with van der Waals surface area (Å²) in [5, 5.41) is 11.4. The summed E-state index contributed by atoms with van der Waals surface area (Å²) in [6, 6.07) is 14.9. The fourth-order valence-electron chi connectivity index (χ4n) is 3.43. The minimum Gasteiger partial charge on any atom is -0.486 e. The van der Waals surface area contributed by atoms with Gasteiger partial charge in [-0.1, -0.05) is 55.7 Å². The third-order valence-corrected chi connectivity index (χ3v) is 5.07. The number of hydrogen-bond acceptors (Lipinski definition) is 4. The Bertz CT molecular complexity index is 812. The van der Waals surface area contributed by atoms with E-state index in [0.717, 1.165) is 12.8 Å². The van der Waals surface area contributed by atoms with E-state index in [9.17, 15) is 14.0 Å². The number of halogens is 1. The van der Waals surface area contributed by atoms with E-state index in [1.807, 2.05) is 36.4 Å². The summed E-state index contributed by atoms with van der Waals surface area (Å²) < 4.78 is 18.0. The average Bonchev–Trinajstić information content (AvgIpc) is 3.24. The Hall–Kier alpha value is -2.93. The minimum absolute atomic E-state index is 0.0359. The average molecular weight is 431 g/mol. The molecule has 1 aliphatic heterocycles. The summed E-state index contributed by atoms with van der Waals surface area (Å²) in [4.78, 5) is 22.9. The van der Waals surface area contributed by atoms with Crippen LogP contribution >= 0.6 is 0 Å². The molecule has 0 spiro atoms. The molecule has 4 N–H and O–H groups in total. The maximum atomic E-state index is 12.6. The van der Waals surface area contributed by atoms with E-state index >= 15 is 0 Å². The fraction of sp³-hybridized carbons (Fsp3) is 0.417. The third kappa shape index (κ3) is 7.68. The van der Waals surface area contributed by atoms with Crippen molar-refractivity contribution >= 4 is 11.8 Å². The number of primary amides is 1. The number of rotatable bonds is 3. The number of aliphatic hydroxyl groups is 1. The number of alkyl halides is 1. The van der Waals surface area contributed by atoms with Crippen LogP contribution in [0.3, 0.4) is 0 Å². The largest absolute Gasteiger partial charge is 0.486 e. The van der Waals surface area contributed by atoms with E-state index in [2.05, 4.69) is 5.32 Å². The number of amides is 2. The first-order chi connectivity index (χ1) is 15.0. The van der Waals surface area contributed by atoms with Crippen molar-refractivity contribution in [2.45, 2.75) is 50.7 Å². The fourth-order valence-corrected chi connectivity index (χ4v) is 3.43. The standard InChI is InChI=1S/C12H13FN2O3.C6H12O.C6H6/c1-15-12(17)9-4-7(11(14)16)2-6-3-8(5-13)18-10(6)9;7-6-4-2-1-3-5-6;1-2-4-6-5-3-1/h2,4,8H,3,5H2,1H3,(H2,14,16)(H,15,17);6-7H,1-5H2;1-6H. The molecule has 0 aromatic heterocycles. The van der Waals surface area contributed by atoms with Gasteiger partial charge in [0.05, 0.1) is 11.7 Å². The van der Waals surface area contributed by atoms with Gasteiger partial charge in [-0.15, -0.1) is 0 Å². The summed E-state index contributed by atoms with van der Waals surface area (Å²) in [6.45, 7) is -0.645. The van der Waals surface area contributed by atoms with Gasteiger partial charge in [0.1, 0.15) is 18.5 Å². The smallest absolute Gasteiger partial charge is 0.254 e. The van der Waals surface area contributed by atoms with Crippen LogP contribution in [0.4, 0.5) is 4.39 Å². The Labute approximate surface area is 182 Å². The Kier molecular flexibility index (Phi) is 9.97. The van der Waals surface area contributed by atoms with E-state index in [1.165, 1.54) is 32.4 Å². The second-order valence-corrected chi connectivity index (χ2v) is 7.50. The second-order valence-electron chi connectivity index (χ2n) is 7.50. The van der Waals surface area contributed by atoms with Crippen molar-refractivity contribution in [3.05, 3.63) is 65.2 Å². The van der Waals surface area contributed by atoms with Crippen LogP contribution in [0.15, 0.2) is 48.5 Å². The van der Waals surface area contributed by atoms with Crippen molar-refractivity contribution < 1.29 is 23.8 Å². The van der Waals surface area contributed by atoms with Crippen LogP contribution in [0.1, 0.15) is 58.4 Å². The molecule has 6 nitrogen and oxygen atoms in total. The molecule has 7 heteroatoms. The highest BCUT2D eigenvalue weighted by Crippen LogP contribution is 2.34. The molecule has 2 amide bonds. The predicted octanol–water partition coefficient (Wildman–Crippen LogP) is 3.42. The van der Waals surface area contributed by atoms with Crippen LogP contribution in [0.2, 0.25) is 0 Å². The number of carbonyl (C=O) groups is 2. The van der Waals surface area contributed by atoms with Gasteiger partial charge in [0.15, 0.2) is 0 Å². The molecular formula is C24H31FN2O4. The zero-order valence-electron chi connectivity index (χ0n) is 17.9. The van der Waals surface area contributed by atoms with E-state index in [-0.39, 0.29) is 17.2 Å². The van der Waals surface area contributed by atoms with Crippen LogP contribution in [0.5, 0.6) is 5.75 Å². The zero-order valence-corrected chi connectivity index (χ0v) is 17.9. The van der Waals surface area contributed by atoms with Gasteiger partial charge < -0.3 is 20.9 Å². The normalized spacial score (nSPS) is 17.1. The number of hydrogen-bond donors (Lipinski definition) is 3. The summed E-state index contributed by atoms with van der Waals surface area (Å²) in [5.41, 5.74) is 6.26. The predicted molar refractivity (Wildman–Crippen MR) is 118 cm³/mol. The third-order valence-electron chi connectivity index (χ3n) is 5.07. The maximum absolute atomic E-state index is 12.6. The van der Waals surface area contributed by atoms with E-state index < -0.39 is 24.6 Å². The van der Waals surface area contributed by atoms with Gasteiger partial charge in [0, 0.05) is 19.0 Å². The summed E-state index contributed by atoms with van der Waals surface area (Å²) in [5.74, 6) is -0.692. The van der Waals surface area contributed by atoms with Crippen LogP contribution in [0.25, 0.3) is 0 Å². The molecule has 31 heavy (non-hydrogen) atoms. The van der Waals surface area contributed by atoms with E-state index in [4.69, 9.17) is 15.6 Å². The number of aliphatic hydroxyl groups excluding tert-OH is 1. The molecule has 168 valence electrons. The number of nitrogens with one attached hydrogen (secondary N) is 1. The van der Waals surface area contributed by atoms with Crippen molar-refractivity contribution in [1.29, 1.82) is 0 Å². The van der Waals surface area contributed by atoms with Gasteiger partial charge in [-0.3, -0.25) is 9.59 Å². The maximum Gasteiger partial charge on any atom is 0.254 e. The lowest BCUT2D eigenvalue weighted by atomic mass is 9.98. The van der Waals surface area contributed by atoms with E-state index in [0.29, 0.717) is 17.7 Å². The van der Waals surface area contributed by atoms with Crippen molar-refractivity contribution in [2.75, 3.05) is 13.7 Å². The highest BCUT2D eigenvalue weighted by Gasteiger charge is 2.29. The zero-order chi connectivity index (χ0) is 22.6. The number of benzene rings is 2. The highest BCUT2D eigenvalue weighted by atomic mass is 19.1. The quantitative estimate of drug-likeness (QED) is 0.694. The number of carbonyl (C=O) groups excluding carboxylic acids is 2. The molecule has 1 fully saturated rings. The molecule has 1 unspecified atom stereocenters. The topological polar surface area (TPSA) is 102 Å². The summed E-state index contributed by atoms with van der Waals surface area (Å²) >= 11 is 0. The van der Waals surface area contributed by atoms with Crippen molar-refractivity contribution in [1.82, 2.24) is 5.32 Å². The van der Waals surface area contributed by atoms with Crippen LogP contribution in [-0.2, 0) is 6.42 Å². The molecule has 4 rings (SSSR count). The van der Waals surface area contributed by atoms with Gasteiger partial charge in [-0.25, -0.2) is 4.39 Å².